The summed E-state index contributed by atoms with van der Waals surface area (Å²) in [6, 6.07) is 9.57. The van der Waals surface area contributed by atoms with Gasteiger partial charge in [-0.15, -0.1) is 11.8 Å². The normalized spacial score (nSPS) is 26.2. The van der Waals surface area contributed by atoms with Crippen LogP contribution in [0.3, 0.4) is 0 Å². The molecular formula is C19H29NO2SSi. The molecule has 1 fully saturated rings. The largest absolute Gasteiger partial charge is 0.438 e. The minimum atomic E-state index is -1.14. The Hall–Kier alpha value is -0.943. The molecule has 3 rings (SSSR count). The minimum absolute atomic E-state index is 0.234. The van der Waals surface area contributed by atoms with E-state index in [1.807, 2.05) is 11.8 Å². The molecule has 1 saturated carbocycles. The summed E-state index contributed by atoms with van der Waals surface area (Å²) >= 11 is 1.92. The van der Waals surface area contributed by atoms with Crippen LogP contribution in [-0.4, -0.2) is 26.5 Å². The Morgan fingerprint density at radius 3 is 2.92 bits per heavy atom. The first kappa shape index (κ1) is 17.9. The second-order valence-electron chi connectivity index (χ2n) is 8.27. The predicted molar refractivity (Wildman–Crippen MR) is 103 cm³/mol. The molecular weight excluding hydrogens is 334 g/mol. The second kappa shape index (κ2) is 7.12. The van der Waals surface area contributed by atoms with Crippen molar-refractivity contribution in [3.8, 4) is 0 Å². The fraction of sp³-hybridized carbons (Fsp3) is 0.632. The van der Waals surface area contributed by atoms with Gasteiger partial charge in [-0.3, -0.25) is 0 Å². The zero-order valence-corrected chi connectivity index (χ0v) is 16.9. The Labute approximate surface area is 150 Å². The molecule has 3 nitrogen and oxygen atoms in total. The van der Waals surface area contributed by atoms with Crippen molar-refractivity contribution in [3.63, 3.8) is 0 Å². The lowest BCUT2D eigenvalue weighted by atomic mass is 9.71. The van der Waals surface area contributed by atoms with Gasteiger partial charge < -0.3 is 10.1 Å². The van der Waals surface area contributed by atoms with E-state index in [-0.39, 0.29) is 6.09 Å². The molecule has 2 atom stereocenters. The quantitative estimate of drug-likeness (QED) is 0.743. The number of hydrogen-bond acceptors (Lipinski definition) is 3. The van der Waals surface area contributed by atoms with Crippen molar-refractivity contribution >= 4 is 25.9 Å². The van der Waals surface area contributed by atoms with Crippen LogP contribution < -0.4 is 5.32 Å². The fourth-order valence-electron chi connectivity index (χ4n) is 3.85. The molecule has 0 saturated heterocycles. The Morgan fingerprint density at radius 2 is 2.12 bits per heavy atom. The predicted octanol–water partition coefficient (Wildman–Crippen LogP) is 5.24. The Kier molecular flexibility index (Phi) is 5.30. The third-order valence-electron chi connectivity index (χ3n) is 5.21. The number of nitrogens with one attached hydrogen (secondary N) is 1. The van der Waals surface area contributed by atoms with Crippen molar-refractivity contribution in [2.75, 3.05) is 12.3 Å². The zero-order chi connectivity index (χ0) is 17.2. The van der Waals surface area contributed by atoms with E-state index in [9.17, 15) is 4.79 Å². The van der Waals surface area contributed by atoms with Gasteiger partial charge in [0.2, 0.25) is 0 Å². The lowest BCUT2D eigenvalue weighted by Gasteiger charge is -2.47. The molecule has 5 heteroatoms. The van der Waals surface area contributed by atoms with Crippen LogP contribution in [0.5, 0.6) is 0 Å². The number of ether oxygens (including phenoxy) is 1. The fourth-order valence-corrected chi connectivity index (χ4v) is 6.11. The number of hydrogen-bond donors (Lipinski definition) is 1. The Bertz CT molecular complexity index is 601. The van der Waals surface area contributed by atoms with Crippen molar-refractivity contribution in [3.05, 3.63) is 29.8 Å². The van der Waals surface area contributed by atoms with Gasteiger partial charge in [-0.05, 0) is 31.4 Å². The van der Waals surface area contributed by atoms with Crippen molar-refractivity contribution in [2.45, 2.75) is 61.9 Å². The highest BCUT2D eigenvalue weighted by Crippen LogP contribution is 2.52. The van der Waals surface area contributed by atoms with Crippen molar-refractivity contribution in [1.82, 2.24) is 5.32 Å². The van der Waals surface area contributed by atoms with Crippen LogP contribution in [0, 0.1) is 5.92 Å². The number of carbonyl (C=O) groups is 1. The van der Waals surface area contributed by atoms with Crippen LogP contribution in [0.4, 0.5) is 4.79 Å². The number of carbonyl (C=O) groups excluding carboxylic acids is 1. The Morgan fingerprint density at radius 1 is 1.33 bits per heavy atom. The number of rotatable bonds is 4. The van der Waals surface area contributed by atoms with Gasteiger partial charge in [0.05, 0.1) is 0 Å². The SMILES string of the molecule is C[Si](C)(C)CCNC(=O)OC12CCCCC1CSc1ccccc12. The van der Waals surface area contributed by atoms with Crippen LogP contribution in [0.25, 0.3) is 0 Å². The molecule has 24 heavy (non-hydrogen) atoms. The molecule has 1 aromatic carbocycles. The van der Waals surface area contributed by atoms with E-state index in [2.05, 4.69) is 49.2 Å². The van der Waals surface area contributed by atoms with E-state index in [0.29, 0.717) is 5.92 Å². The van der Waals surface area contributed by atoms with E-state index in [4.69, 9.17) is 4.74 Å². The summed E-state index contributed by atoms with van der Waals surface area (Å²) in [7, 11) is -1.14. The van der Waals surface area contributed by atoms with Gasteiger partial charge in [0, 0.05) is 36.7 Å². The molecule has 1 amide bonds. The monoisotopic (exact) mass is 363 g/mol. The van der Waals surface area contributed by atoms with Crippen LogP contribution in [0.2, 0.25) is 25.7 Å². The summed E-state index contributed by atoms with van der Waals surface area (Å²) in [5.41, 5.74) is 0.815. The molecule has 0 aromatic heterocycles. The summed E-state index contributed by atoms with van der Waals surface area (Å²) in [5, 5.41) is 3.01. The molecule has 2 unspecified atom stereocenters. The standard InChI is InChI=1S/C19H29NO2SSi/c1-24(2,3)13-12-20-18(21)22-19-11-7-6-8-15(19)14-23-17-10-5-4-9-16(17)19/h4-5,9-10,15H,6-8,11-14H2,1-3H3,(H,20,21). The second-order valence-corrected chi connectivity index (χ2v) is 14.9. The lowest BCUT2D eigenvalue weighted by molar-refractivity contribution is -0.0611. The van der Waals surface area contributed by atoms with Gasteiger partial charge >= 0.3 is 6.09 Å². The molecule has 1 N–H and O–H groups in total. The van der Waals surface area contributed by atoms with Gasteiger partial charge in [0.1, 0.15) is 5.60 Å². The van der Waals surface area contributed by atoms with E-state index >= 15 is 0 Å². The van der Waals surface area contributed by atoms with Gasteiger partial charge in [0.25, 0.3) is 0 Å². The highest BCUT2D eigenvalue weighted by molar-refractivity contribution is 7.99. The molecule has 0 bridgehead atoms. The highest BCUT2D eigenvalue weighted by atomic mass is 32.2. The maximum absolute atomic E-state index is 12.5. The van der Waals surface area contributed by atoms with Crippen LogP contribution in [0.1, 0.15) is 31.2 Å². The molecule has 0 spiro atoms. The van der Waals surface area contributed by atoms with E-state index in [1.165, 1.54) is 16.9 Å². The molecule has 1 aliphatic carbocycles. The minimum Gasteiger partial charge on any atom is -0.438 e. The van der Waals surface area contributed by atoms with Gasteiger partial charge in [-0.25, -0.2) is 4.79 Å². The summed E-state index contributed by atoms with van der Waals surface area (Å²) in [4.78, 5) is 13.8. The Balaban J connectivity index is 1.76. The molecule has 2 aliphatic rings. The maximum atomic E-state index is 12.5. The van der Waals surface area contributed by atoms with Crippen molar-refractivity contribution in [2.24, 2.45) is 5.92 Å². The maximum Gasteiger partial charge on any atom is 0.408 e. The van der Waals surface area contributed by atoms with Crippen molar-refractivity contribution in [1.29, 1.82) is 0 Å². The first-order valence-corrected chi connectivity index (χ1v) is 13.8. The molecule has 0 radical (unpaired) electrons. The summed E-state index contributed by atoms with van der Waals surface area (Å²) in [5.74, 6) is 1.49. The first-order chi connectivity index (χ1) is 11.4. The average Bonchev–Trinajstić information content (AvgIpc) is 2.53. The number of thioether (sulfide) groups is 1. The van der Waals surface area contributed by atoms with E-state index in [0.717, 1.165) is 37.6 Å². The average molecular weight is 364 g/mol. The van der Waals surface area contributed by atoms with Gasteiger partial charge in [-0.2, -0.15) is 0 Å². The highest BCUT2D eigenvalue weighted by Gasteiger charge is 2.49. The number of benzene rings is 1. The van der Waals surface area contributed by atoms with Gasteiger partial charge in [-0.1, -0.05) is 44.3 Å². The number of fused-ring (bicyclic) bond motifs is 3. The van der Waals surface area contributed by atoms with E-state index < -0.39 is 13.7 Å². The number of alkyl carbamates (subject to hydrolysis) is 1. The third-order valence-corrected chi connectivity index (χ3v) is 8.20. The third kappa shape index (κ3) is 3.83. The number of amides is 1. The summed E-state index contributed by atoms with van der Waals surface area (Å²) in [6.45, 7) is 7.70. The zero-order valence-electron chi connectivity index (χ0n) is 15.1. The van der Waals surface area contributed by atoms with Crippen LogP contribution >= 0.6 is 11.8 Å². The van der Waals surface area contributed by atoms with Crippen LogP contribution in [-0.2, 0) is 10.3 Å². The van der Waals surface area contributed by atoms with Gasteiger partial charge in [0.15, 0.2) is 0 Å². The molecule has 1 aliphatic heterocycles. The van der Waals surface area contributed by atoms with E-state index in [1.54, 1.807) is 0 Å². The molecule has 132 valence electrons. The molecule has 1 heterocycles. The molecule has 1 aromatic rings. The summed E-state index contributed by atoms with van der Waals surface area (Å²) in [6.07, 6.45) is 4.26. The topological polar surface area (TPSA) is 38.3 Å². The summed E-state index contributed by atoms with van der Waals surface area (Å²) < 4.78 is 6.18. The van der Waals surface area contributed by atoms with Crippen molar-refractivity contribution < 1.29 is 9.53 Å². The van der Waals surface area contributed by atoms with Crippen LogP contribution in [0.15, 0.2) is 29.2 Å². The lowest BCUT2D eigenvalue weighted by Crippen LogP contribution is -2.47. The first-order valence-electron chi connectivity index (χ1n) is 9.10. The smallest absolute Gasteiger partial charge is 0.408 e.